The number of hydrogen-bond acceptors (Lipinski definition) is 5. The number of carbonyl (C=O) groups excluding carboxylic acids is 2. The Morgan fingerprint density at radius 2 is 1.68 bits per heavy atom. The number of methoxy groups -OCH3 is 2. The number of benzene rings is 3. The Kier molecular flexibility index (Phi) is 7.56. The van der Waals surface area contributed by atoms with Gasteiger partial charge in [-0.05, 0) is 92.2 Å². The molecule has 1 unspecified atom stereocenters. The molecule has 0 bridgehead atoms. The predicted octanol–water partition coefficient (Wildman–Crippen LogP) is 5.61. The van der Waals surface area contributed by atoms with Crippen LogP contribution >= 0.6 is 0 Å². The highest BCUT2D eigenvalue weighted by Crippen LogP contribution is 2.39. The van der Waals surface area contributed by atoms with E-state index in [9.17, 15) is 9.59 Å². The highest BCUT2D eigenvalue weighted by atomic mass is 16.5. The van der Waals surface area contributed by atoms with Crippen molar-refractivity contribution in [3.8, 4) is 11.5 Å². The quantitative estimate of drug-likeness (QED) is 0.437. The van der Waals surface area contributed by atoms with Gasteiger partial charge in [-0.1, -0.05) is 30.3 Å². The minimum absolute atomic E-state index is 0.0493. The lowest BCUT2D eigenvalue weighted by molar-refractivity contribution is 0.0895. The lowest BCUT2D eigenvalue weighted by Gasteiger charge is -2.33. The van der Waals surface area contributed by atoms with Crippen LogP contribution in [-0.2, 0) is 13.0 Å². The van der Waals surface area contributed by atoms with E-state index in [-0.39, 0.29) is 17.6 Å². The average Bonchev–Trinajstić information content (AvgIpc) is 3.23. The number of anilines is 1. The number of nitrogens with one attached hydrogen (secondary N) is 1. The fourth-order valence-corrected chi connectivity index (χ4v) is 5.67. The number of likely N-dealkylation sites (tertiary alicyclic amines) is 1. The smallest absolute Gasteiger partial charge is 0.255 e. The van der Waals surface area contributed by atoms with Crippen molar-refractivity contribution in [3.05, 3.63) is 89.0 Å². The zero-order valence-corrected chi connectivity index (χ0v) is 21.5. The minimum atomic E-state index is -0.0981. The number of fused-ring (bicyclic) bond motifs is 1. The van der Waals surface area contributed by atoms with E-state index in [4.69, 9.17) is 9.47 Å². The molecule has 1 N–H and O–H groups in total. The maximum atomic E-state index is 13.1. The zero-order chi connectivity index (χ0) is 25.8. The molecule has 1 amide bonds. The summed E-state index contributed by atoms with van der Waals surface area (Å²) < 4.78 is 10.8. The molecule has 0 aromatic heterocycles. The summed E-state index contributed by atoms with van der Waals surface area (Å²) in [5.74, 6) is 2.05. The highest BCUT2D eigenvalue weighted by Gasteiger charge is 2.34. The molecule has 1 aliphatic carbocycles. The second-order valence-corrected chi connectivity index (χ2v) is 10.1. The third-order valence-corrected chi connectivity index (χ3v) is 7.66. The van der Waals surface area contributed by atoms with E-state index in [2.05, 4.69) is 22.3 Å². The van der Waals surface area contributed by atoms with Crippen molar-refractivity contribution in [1.82, 2.24) is 4.90 Å². The van der Waals surface area contributed by atoms with Crippen LogP contribution in [0.2, 0.25) is 0 Å². The van der Waals surface area contributed by atoms with Gasteiger partial charge in [0, 0.05) is 29.3 Å². The van der Waals surface area contributed by atoms with Crippen LogP contribution in [0.3, 0.4) is 0 Å². The minimum Gasteiger partial charge on any atom is -0.493 e. The largest absolute Gasteiger partial charge is 0.493 e. The van der Waals surface area contributed by atoms with Crippen molar-refractivity contribution in [2.75, 3.05) is 32.6 Å². The first-order chi connectivity index (χ1) is 18.0. The fraction of sp³-hybridized carbons (Fsp3) is 0.355. The van der Waals surface area contributed by atoms with E-state index in [1.807, 2.05) is 54.6 Å². The van der Waals surface area contributed by atoms with Crippen LogP contribution in [0.4, 0.5) is 5.69 Å². The SMILES string of the molecule is COc1cc2c(cc1OC)C(=O)C(CC1CCN(Cc3cccc(NC(=O)c4ccccc4)c3)CC1)C2. The summed E-state index contributed by atoms with van der Waals surface area (Å²) in [4.78, 5) is 28.1. The van der Waals surface area contributed by atoms with Crippen LogP contribution in [0, 0.1) is 11.8 Å². The highest BCUT2D eigenvalue weighted by molar-refractivity contribution is 6.04. The fourth-order valence-electron chi connectivity index (χ4n) is 5.67. The molecule has 1 aliphatic heterocycles. The summed E-state index contributed by atoms with van der Waals surface area (Å²) in [6.07, 6.45) is 3.91. The molecule has 3 aromatic carbocycles. The summed E-state index contributed by atoms with van der Waals surface area (Å²) in [5, 5.41) is 3.00. The Morgan fingerprint density at radius 3 is 2.41 bits per heavy atom. The molecular weight excluding hydrogens is 464 g/mol. The van der Waals surface area contributed by atoms with E-state index >= 15 is 0 Å². The number of hydrogen-bond donors (Lipinski definition) is 1. The Labute approximate surface area is 218 Å². The average molecular weight is 499 g/mol. The maximum absolute atomic E-state index is 13.1. The van der Waals surface area contributed by atoms with E-state index in [1.54, 1.807) is 14.2 Å². The van der Waals surface area contributed by atoms with Crippen molar-refractivity contribution in [1.29, 1.82) is 0 Å². The molecule has 37 heavy (non-hydrogen) atoms. The normalized spacial score (nSPS) is 17.9. The first-order valence-electron chi connectivity index (χ1n) is 13.0. The van der Waals surface area contributed by atoms with Crippen LogP contribution in [-0.4, -0.2) is 43.9 Å². The van der Waals surface area contributed by atoms with Gasteiger partial charge < -0.3 is 14.8 Å². The molecule has 0 saturated carbocycles. The Bertz CT molecular complexity index is 1270. The third kappa shape index (κ3) is 5.70. The molecule has 3 aromatic rings. The molecule has 6 heteroatoms. The molecule has 5 rings (SSSR count). The van der Waals surface area contributed by atoms with Crippen molar-refractivity contribution >= 4 is 17.4 Å². The van der Waals surface area contributed by atoms with Gasteiger partial charge in [-0.15, -0.1) is 0 Å². The number of amides is 1. The molecule has 2 aliphatic rings. The van der Waals surface area contributed by atoms with Crippen LogP contribution in [0.5, 0.6) is 11.5 Å². The number of ketones is 1. The number of carbonyl (C=O) groups is 2. The van der Waals surface area contributed by atoms with E-state index in [1.165, 1.54) is 5.56 Å². The molecule has 1 saturated heterocycles. The van der Waals surface area contributed by atoms with Gasteiger partial charge in [0.2, 0.25) is 0 Å². The molecular formula is C31H34N2O4. The summed E-state index contributed by atoms with van der Waals surface area (Å²) in [7, 11) is 3.23. The van der Waals surface area contributed by atoms with Crippen molar-refractivity contribution in [3.63, 3.8) is 0 Å². The lowest BCUT2D eigenvalue weighted by atomic mass is 9.85. The topological polar surface area (TPSA) is 67.9 Å². The van der Waals surface area contributed by atoms with Crippen LogP contribution in [0.25, 0.3) is 0 Å². The van der Waals surface area contributed by atoms with Crippen LogP contribution < -0.4 is 14.8 Å². The second kappa shape index (κ2) is 11.2. The van der Waals surface area contributed by atoms with E-state index in [0.717, 1.165) is 62.1 Å². The van der Waals surface area contributed by atoms with Gasteiger partial charge in [0.15, 0.2) is 17.3 Å². The number of ether oxygens (including phenoxy) is 2. The van der Waals surface area contributed by atoms with Gasteiger partial charge >= 0.3 is 0 Å². The monoisotopic (exact) mass is 498 g/mol. The van der Waals surface area contributed by atoms with Gasteiger partial charge in [0.05, 0.1) is 14.2 Å². The third-order valence-electron chi connectivity index (χ3n) is 7.66. The van der Waals surface area contributed by atoms with Gasteiger partial charge in [-0.2, -0.15) is 0 Å². The Morgan fingerprint density at radius 1 is 0.946 bits per heavy atom. The number of rotatable bonds is 8. The van der Waals surface area contributed by atoms with Crippen molar-refractivity contribution in [2.45, 2.75) is 32.2 Å². The predicted molar refractivity (Wildman–Crippen MR) is 145 cm³/mol. The maximum Gasteiger partial charge on any atom is 0.255 e. The van der Waals surface area contributed by atoms with Crippen LogP contribution in [0.15, 0.2) is 66.7 Å². The molecule has 0 radical (unpaired) electrons. The second-order valence-electron chi connectivity index (χ2n) is 10.1. The summed E-state index contributed by atoms with van der Waals surface area (Å²) in [6, 6.07) is 21.2. The summed E-state index contributed by atoms with van der Waals surface area (Å²) >= 11 is 0. The van der Waals surface area contributed by atoms with Gasteiger partial charge in [0.1, 0.15) is 0 Å². The molecule has 1 heterocycles. The van der Waals surface area contributed by atoms with Crippen molar-refractivity contribution < 1.29 is 19.1 Å². The first-order valence-corrected chi connectivity index (χ1v) is 13.0. The molecule has 192 valence electrons. The molecule has 1 atom stereocenters. The van der Waals surface area contributed by atoms with Gasteiger partial charge in [-0.25, -0.2) is 0 Å². The standard InChI is InChI=1S/C31H34N2O4/c1-36-28-18-24-17-25(30(34)27(24)19-29(28)37-2)15-21-11-13-33(14-12-21)20-22-7-6-10-26(16-22)32-31(35)23-8-4-3-5-9-23/h3-10,16,18-19,21,25H,11-15,17,20H2,1-2H3,(H,32,35). The Hall–Kier alpha value is -3.64. The van der Waals surface area contributed by atoms with Crippen LogP contribution in [0.1, 0.15) is 51.1 Å². The summed E-state index contributed by atoms with van der Waals surface area (Å²) in [5.41, 5.74) is 4.52. The van der Waals surface area contributed by atoms with Gasteiger partial charge in [-0.3, -0.25) is 14.5 Å². The van der Waals surface area contributed by atoms with Crippen molar-refractivity contribution in [2.24, 2.45) is 11.8 Å². The van der Waals surface area contributed by atoms with E-state index < -0.39 is 0 Å². The number of piperidine rings is 1. The zero-order valence-electron chi connectivity index (χ0n) is 21.5. The lowest BCUT2D eigenvalue weighted by Crippen LogP contribution is -2.34. The Balaban J connectivity index is 1.13. The number of nitrogens with zero attached hydrogens (tertiary/aromatic N) is 1. The molecule has 6 nitrogen and oxygen atoms in total. The molecule has 1 fully saturated rings. The summed E-state index contributed by atoms with van der Waals surface area (Å²) in [6.45, 7) is 2.89. The number of Topliss-reactive ketones (excluding diaryl/α,β-unsaturated/α-hetero) is 1. The van der Waals surface area contributed by atoms with E-state index in [0.29, 0.717) is 23.0 Å². The molecule has 0 spiro atoms. The first kappa shape index (κ1) is 25.0. The van der Waals surface area contributed by atoms with Gasteiger partial charge in [0.25, 0.3) is 5.91 Å².